The first-order valence-electron chi connectivity index (χ1n) is 10.2. The Labute approximate surface area is 177 Å². The third-order valence-corrected chi connectivity index (χ3v) is 5.34. The quantitative estimate of drug-likeness (QED) is 0.539. The minimum atomic E-state index is -0.972. The fourth-order valence-electron chi connectivity index (χ4n) is 3.54. The molecule has 1 aliphatic heterocycles. The maximum absolute atomic E-state index is 12.9. The Balaban J connectivity index is 1.24. The highest BCUT2D eigenvalue weighted by atomic mass is 16.5. The number of hydrogen-bond donors (Lipinski definition) is 1. The van der Waals surface area contributed by atoms with E-state index in [1.54, 1.807) is 52.3 Å². The van der Waals surface area contributed by atoms with Gasteiger partial charge in [0.05, 0.1) is 24.7 Å². The minimum Gasteiger partial charge on any atom is -0.479 e. The summed E-state index contributed by atoms with van der Waals surface area (Å²) in [4.78, 5) is 29.7. The van der Waals surface area contributed by atoms with Gasteiger partial charge in [-0.2, -0.15) is 0 Å². The Hall–Kier alpha value is -3.69. The minimum absolute atomic E-state index is 0.132. The standard InChI is InChI=1S/C21H21N5O5/c27-20(28)11-25-13-24-10-15(3-5-18(24)23-25)26-8-7-17(21(26)29)31-16-4-6-19(22-9-16)30-12-14-1-2-14/h3-6,9-10,13-14,17H,1-2,7-8,11-12H2/p+1/t17-/m1/s1. The lowest BCUT2D eigenvalue weighted by molar-refractivity contribution is -0.512. The first-order valence-corrected chi connectivity index (χ1v) is 10.2. The van der Waals surface area contributed by atoms with Crippen molar-refractivity contribution in [2.75, 3.05) is 18.1 Å². The van der Waals surface area contributed by atoms with Crippen LogP contribution < -0.4 is 18.8 Å². The number of aromatic nitrogens is 4. The van der Waals surface area contributed by atoms with Crippen molar-refractivity contribution in [3.63, 3.8) is 0 Å². The summed E-state index contributed by atoms with van der Waals surface area (Å²) in [6, 6.07) is 7.07. The fraction of sp³-hybridized carbons (Fsp3) is 0.381. The molecule has 0 spiro atoms. The van der Waals surface area contributed by atoms with E-state index in [9.17, 15) is 9.59 Å². The molecule has 1 saturated carbocycles. The molecule has 0 aromatic carbocycles. The molecule has 0 bridgehead atoms. The summed E-state index contributed by atoms with van der Waals surface area (Å²) in [6.45, 7) is 0.990. The Morgan fingerprint density at radius 3 is 2.84 bits per heavy atom. The summed E-state index contributed by atoms with van der Waals surface area (Å²) in [7, 11) is 0. The Bertz CT molecular complexity index is 1120. The second-order valence-electron chi connectivity index (χ2n) is 7.83. The molecule has 0 radical (unpaired) electrons. The topological polar surface area (TPSA) is 111 Å². The van der Waals surface area contributed by atoms with Crippen molar-refractivity contribution in [1.82, 2.24) is 14.8 Å². The molecular weight excluding hydrogens is 402 g/mol. The number of anilines is 1. The third kappa shape index (κ3) is 4.27. The van der Waals surface area contributed by atoms with E-state index in [1.165, 1.54) is 17.5 Å². The zero-order valence-corrected chi connectivity index (χ0v) is 16.8. The molecule has 2 fully saturated rings. The SMILES string of the molecule is O=C(O)Cn1c[n+]2cc(N3CC[C@@H](Oc4ccc(OCC5CC5)nc4)C3=O)ccc2n1. The number of hydrogen-bond acceptors (Lipinski definition) is 6. The molecule has 10 nitrogen and oxygen atoms in total. The van der Waals surface area contributed by atoms with Crippen LogP contribution in [-0.2, 0) is 16.1 Å². The van der Waals surface area contributed by atoms with Gasteiger partial charge >= 0.3 is 11.6 Å². The molecule has 10 heteroatoms. The van der Waals surface area contributed by atoms with E-state index < -0.39 is 12.1 Å². The van der Waals surface area contributed by atoms with E-state index in [2.05, 4.69) is 10.1 Å². The smallest absolute Gasteiger partial charge is 0.341 e. The lowest BCUT2D eigenvalue weighted by Gasteiger charge is -2.16. The van der Waals surface area contributed by atoms with Crippen LogP contribution in [0.15, 0.2) is 43.0 Å². The second kappa shape index (κ2) is 7.86. The maximum atomic E-state index is 12.9. The van der Waals surface area contributed by atoms with Gasteiger partial charge in [0, 0.05) is 30.2 Å². The van der Waals surface area contributed by atoms with Gasteiger partial charge in [-0.1, -0.05) is 0 Å². The number of carbonyl (C=O) groups is 2. The lowest BCUT2D eigenvalue weighted by atomic mass is 10.3. The van der Waals surface area contributed by atoms with Crippen LogP contribution in [0.4, 0.5) is 5.69 Å². The molecular formula is C21H22N5O5+. The Morgan fingerprint density at radius 1 is 1.23 bits per heavy atom. The van der Waals surface area contributed by atoms with E-state index in [-0.39, 0.29) is 12.5 Å². The van der Waals surface area contributed by atoms with Gasteiger partial charge in [0.15, 0.2) is 6.10 Å². The predicted octanol–water partition coefficient (Wildman–Crippen LogP) is 1.07. The van der Waals surface area contributed by atoms with Gasteiger partial charge in [-0.25, -0.2) is 14.2 Å². The van der Waals surface area contributed by atoms with Crippen LogP contribution in [0.5, 0.6) is 11.6 Å². The molecule has 31 heavy (non-hydrogen) atoms. The number of aliphatic carboxylic acids is 1. The van der Waals surface area contributed by atoms with Crippen LogP contribution in [0.25, 0.3) is 5.65 Å². The lowest BCUT2D eigenvalue weighted by Crippen LogP contribution is -2.33. The number of carboxylic acids is 1. The molecule has 1 saturated heterocycles. The zero-order chi connectivity index (χ0) is 21.4. The van der Waals surface area contributed by atoms with Gasteiger partial charge in [-0.05, 0) is 30.9 Å². The van der Waals surface area contributed by atoms with Gasteiger partial charge in [-0.3, -0.25) is 4.79 Å². The number of carbonyl (C=O) groups excluding carboxylic acids is 1. The number of carboxylic acid groups (broad SMARTS) is 1. The average Bonchev–Trinajstić information content (AvgIpc) is 3.40. The van der Waals surface area contributed by atoms with Crippen LogP contribution in [0, 0.1) is 5.92 Å². The molecule has 160 valence electrons. The normalized spacial score (nSPS) is 18.5. The fourth-order valence-corrected chi connectivity index (χ4v) is 3.54. The van der Waals surface area contributed by atoms with Gasteiger partial charge < -0.3 is 19.5 Å². The van der Waals surface area contributed by atoms with Crippen molar-refractivity contribution in [2.45, 2.75) is 31.9 Å². The first kappa shape index (κ1) is 19.3. The Kier molecular flexibility index (Phi) is 4.89. The van der Waals surface area contributed by atoms with Crippen LogP contribution in [0.1, 0.15) is 19.3 Å². The number of fused-ring (bicyclic) bond motifs is 1. The number of amides is 1. The summed E-state index contributed by atoms with van der Waals surface area (Å²) in [5.41, 5.74) is 1.30. The zero-order valence-electron chi connectivity index (χ0n) is 16.8. The van der Waals surface area contributed by atoms with Crippen LogP contribution in [0.2, 0.25) is 0 Å². The summed E-state index contributed by atoms with van der Waals surface area (Å²) in [5.74, 6) is 0.641. The van der Waals surface area contributed by atoms with Crippen LogP contribution >= 0.6 is 0 Å². The molecule has 1 aliphatic carbocycles. The van der Waals surface area contributed by atoms with Crippen molar-refractivity contribution in [3.8, 4) is 11.6 Å². The van der Waals surface area contributed by atoms with Gasteiger partial charge in [0.1, 0.15) is 5.75 Å². The summed E-state index contributed by atoms with van der Waals surface area (Å²) < 4.78 is 14.5. The van der Waals surface area contributed by atoms with Crippen molar-refractivity contribution in [3.05, 3.63) is 43.0 Å². The molecule has 1 amide bonds. The van der Waals surface area contributed by atoms with E-state index in [0.717, 1.165) is 0 Å². The van der Waals surface area contributed by atoms with Crippen LogP contribution in [-0.4, -0.2) is 51.0 Å². The van der Waals surface area contributed by atoms with Crippen molar-refractivity contribution >= 4 is 23.2 Å². The van der Waals surface area contributed by atoms with Gasteiger partial charge in [0.25, 0.3) is 5.91 Å². The molecule has 0 unspecified atom stereocenters. The summed E-state index contributed by atoms with van der Waals surface area (Å²) in [6.07, 6.45) is 7.33. The number of pyridine rings is 2. The van der Waals surface area contributed by atoms with Crippen molar-refractivity contribution < 1.29 is 28.6 Å². The van der Waals surface area contributed by atoms with Crippen molar-refractivity contribution in [2.24, 2.45) is 5.92 Å². The highest BCUT2D eigenvalue weighted by molar-refractivity contribution is 5.98. The average molecular weight is 424 g/mol. The van der Waals surface area contributed by atoms with E-state index in [4.69, 9.17) is 14.6 Å². The Morgan fingerprint density at radius 2 is 2.10 bits per heavy atom. The largest absolute Gasteiger partial charge is 0.479 e. The highest BCUT2D eigenvalue weighted by Gasteiger charge is 2.35. The number of ether oxygens (including phenoxy) is 2. The molecule has 2 aliphatic rings. The van der Waals surface area contributed by atoms with Crippen molar-refractivity contribution in [1.29, 1.82) is 0 Å². The molecule has 4 heterocycles. The van der Waals surface area contributed by atoms with E-state index >= 15 is 0 Å². The van der Waals surface area contributed by atoms with Gasteiger partial charge in [-0.15, -0.1) is 4.68 Å². The second-order valence-corrected chi connectivity index (χ2v) is 7.83. The molecule has 1 atom stereocenters. The maximum Gasteiger partial charge on any atom is 0.341 e. The van der Waals surface area contributed by atoms with Gasteiger partial charge in [0.2, 0.25) is 18.8 Å². The van der Waals surface area contributed by atoms with E-state index in [0.29, 0.717) is 48.5 Å². The molecule has 3 aromatic rings. The number of rotatable bonds is 8. The van der Waals surface area contributed by atoms with E-state index in [1.807, 2.05) is 0 Å². The monoisotopic (exact) mass is 424 g/mol. The highest BCUT2D eigenvalue weighted by Crippen LogP contribution is 2.29. The molecule has 1 N–H and O–H groups in total. The summed E-state index contributed by atoms with van der Waals surface area (Å²) >= 11 is 0. The first-order chi connectivity index (χ1) is 15.0. The molecule has 5 rings (SSSR count). The number of nitrogens with zero attached hydrogens (tertiary/aromatic N) is 5. The predicted molar refractivity (Wildman–Crippen MR) is 107 cm³/mol. The third-order valence-electron chi connectivity index (χ3n) is 5.34. The van der Waals surface area contributed by atoms with Crippen LogP contribution in [0.3, 0.4) is 0 Å². The molecule has 3 aromatic heterocycles. The summed E-state index contributed by atoms with van der Waals surface area (Å²) in [5, 5.41) is 13.1.